The summed E-state index contributed by atoms with van der Waals surface area (Å²) in [7, 11) is 0. The van der Waals surface area contributed by atoms with Gasteiger partial charge in [0.15, 0.2) is 0 Å². The van der Waals surface area contributed by atoms with Gasteiger partial charge in [-0.05, 0) is 26.8 Å². The predicted molar refractivity (Wildman–Crippen MR) is 59.4 cm³/mol. The molecule has 0 radical (unpaired) electrons. The van der Waals surface area contributed by atoms with Crippen LogP contribution in [-0.4, -0.2) is 47.8 Å². The number of nitrogens with zero attached hydrogens (tertiary/aromatic N) is 1. The lowest BCUT2D eigenvalue weighted by atomic mass is 9.97. The highest BCUT2D eigenvalue weighted by molar-refractivity contribution is 4.92. The van der Waals surface area contributed by atoms with Crippen LogP contribution >= 0.6 is 0 Å². The molecule has 0 aromatic rings. The van der Waals surface area contributed by atoms with Crippen molar-refractivity contribution in [2.75, 3.05) is 26.2 Å². The maximum absolute atomic E-state index is 9.12. The first-order valence-electron chi connectivity index (χ1n) is 5.69. The molecular weight excluding hydrogens is 176 g/mol. The molecule has 0 amide bonds. The lowest BCUT2D eigenvalue weighted by molar-refractivity contribution is 0.0481. The molecule has 0 bridgehead atoms. The lowest BCUT2D eigenvalue weighted by Gasteiger charge is -2.45. The van der Waals surface area contributed by atoms with Gasteiger partial charge < -0.3 is 10.4 Å². The van der Waals surface area contributed by atoms with Crippen molar-refractivity contribution in [3.63, 3.8) is 0 Å². The molecule has 1 aliphatic rings. The number of nitrogens with one attached hydrogen (secondary N) is 1. The summed E-state index contributed by atoms with van der Waals surface area (Å²) < 4.78 is 0. The van der Waals surface area contributed by atoms with E-state index in [1.807, 2.05) is 0 Å². The van der Waals surface area contributed by atoms with Crippen molar-refractivity contribution < 1.29 is 5.11 Å². The molecule has 1 aliphatic heterocycles. The average Bonchev–Trinajstić information content (AvgIpc) is 2.16. The molecule has 1 atom stereocenters. The Morgan fingerprint density at radius 1 is 1.50 bits per heavy atom. The minimum Gasteiger partial charge on any atom is -0.395 e. The quantitative estimate of drug-likeness (QED) is 0.705. The molecule has 1 fully saturated rings. The Balaban J connectivity index is 2.48. The van der Waals surface area contributed by atoms with Gasteiger partial charge in [-0.2, -0.15) is 0 Å². The molecule has 14 heavy (non-hydrogen) atoms. The van der Waals surface area contributed by atoms with Gasteiger partial charge in [0, 0.05) is 24.7 Å². The van der Waals surface area contributed by atoms with E-state index in [2.05, 4.69) is 31.0 Å². The van der Waals surface area contributed by atoms with Crippen LogP contribution in [0.5, 0.6) is 0 Å². The van der Waals surface area contributed by atoms with E-state index in [1.54, 1.807) is 0 Å². The predicted octanol–water partition coefficient (Wildman–Crippen LogP) is 0.831. The molecule has 1 heterocycles. The Bertz CT molecular complexity index is 171. The molecule has 2 N–H and O–H groups in total. The van der Waals surface area contributed by atoms with E-state index in [9.17, 15) is 0 Å². The Hall–Kier alpha value is -0.120. The molecule has 3 heteroatoms. The van der Waals surface area contributed by atoms with Gasteiger partial charge in [0.2, 0.25) is 0 Å². The van der Waals surface area contributed by atoms with Crippen LogP contribution in [0.15, 0.2) is 0 Å². The molecule has 3 nitrogen and oxygen atoms in total. The standard InChI is InChI=1S/C11H24N2O/c1-4-5-6-13-7-10(8-14)12-9-11(13,2)3/h10,12,14H,4-9H2,1-3H3. The fourth-order valence-corrected chi connectivity index (χ4v) is 1.95. The van der Waals surface area contributed by atoms with Gasteiger partial charge in [-0.1, -0.05) is 13.3 Å². The van der Waals surface area contributed by atoms with Crippen LogP contribution < -0.4 is 5.32 Å². The maximum atomic E-state index is 9.12. The van der Waals surface area contributed by atoms with Crippen LogP contribution in [0, 0.1) is 0 Å². The molecule has 0 aromatic carbocycles. The summed E-state index contributed by atoms with van der Waals surface area (Å²) in [5.41, 5.74) is 0.237. The van der Waals surface area contributed by atoms with E-state index < -0.39 is 0 Å². The Labute approximate surface area is 87.5 Å². The number of rotatable bonds is 4. The van der Waals surface area contributed by atoms with Crippen molar-refractivity contribution in [1.29, 1.82) is 0 Å². The molecule has 1 unspecified atom stereocenters. The summed E-state index contributed by atoms with van der Waals surface area (Å²) in [6, 6.07) is 0.264. The smallest absolute Gasteiger partial charge is 0.0597 e. The number of aliphatic hydroxyl groups excluding tert-OH is 1. The first kappa shape index (κ1) is 12.0. The van der Waals surface area contributed by atoms with Crippen LogP contribution in [-0.2, 0) is 0 Å². The van der Waals surface area contributed by atoms with Gasteiger partial charge in [-0.15, -0.1) is 0 Å². The monoisotopic (exact) mass is 200 g/mol. The molecule has 84 valence electrons. The SMILES string of the molecule is CCCCN1CC(CO)NCC1(C)C. The first-order chi connectivity index (χ1) is 6.60. The van der Waals surface area contributed by atoms with Gasteiger partial charge in [0.1, 0.15) is 0 Å². The first-order valence-corrected chi connectivity index (χ1v) is 5.69. The molecule has 1 saturated heterocycles. The van der Waals surface area contributed by atoms with E-state index in [4.69, 9.17) is 5.11 Å². The number of unbranched alkanes of at least 4 members (excludes halogenated alkanes) is 1. The Morgan fingerprint density at radius 2 is 2.21 bits per heavy atom. The number of aliphatic hydroxyl groups is 1. The fourth-order valence-electron chi connectivity index (χ4n) is 1.95. The van der Waals surface area contributed by atoms with E-state index in [0.717, 1.165) is 19.6 Å². The highest BCUT2D eigenvalue weighted by Crippen LogP contribution is 2.18. The third-order valence-electron chi connectivity index (χ3n) is 3.12. The number of piperazine rings is 1. The second kappa shape index (κ2) is 5.10. The normalized spacial score (nSPS) is 27.9. The average molecular weight is 200 g/mol. The highest BCUT2D eigenvalue weighted by Gasteiger charge is 2.32. The van der Waals surface area contributed by atoms with Crippen LogP contribution in [0.25, 0.3) is 0 Å². The summed E-state index contributed by atoms with van der Waals surface area (Å²) in [6.45, 7) is 10.1. The molecule has 0 aliphatic carbocycles. The molecule has 0 spiro atoms. The molecule has 1 rings (SSSR count). The minimum absolute atomic E-state index is 0.237. The second-order valence-electron chi connectivity index (χ2n) is 4.87. The molecule has 0 aromatic heterocycles. The summed E-state index contributed by atoms with van der Waals surface area (Å²) in [5.74, 6) is 0. The van der Waals surface area contributed by atoms with Gasteiger partial charge >= 0.3 is 0 Å². The van der Waals surface area contributed by atoms with Gasteiger partial charge in [-0.25, -0.2) is 0 Å². The van der Waals surface area contributed by atoms with Crippen molar-refractivity contribution in [1.82, 2.24) is 10.2 Å². The maximum Gasteiger partial charge on any atom is 0.0597 e. The summed E-state index contributed by atoms with van der Waals surface area (Å²) in [5, 5.41) is 12.5. The van der Waals surface area contributed by atoms with Crippen molar-refractivity contribution in [2.24, 2.45) is 0 Å². The summed E-state index contributed by atoms with van der Waals surface area (Å²) >= 11 is 0. The van der Waals surface area contributed by atoms with Gasteiger partial charge in [0.05, 0.1) is 6.61 Å². The van der Waals surface area contributed by atoms with Gasteiger partial charge in [-0.3, -0.25) is 4.90 Å². The van der Waals surface area contributed by atoms with Crippen molar-refractivity contribution in [2.45, 2.75) is 45.2 Å². The number of hydrogen-bond donors (Lipinski definition) is 2. The zero-order chi connectivity index (χ0) is 10.6. The summed E-state index contributed by atoms with van der Waals surface area (Å²) in [4.78, 5) is 2.49. The van der Waals surface area contributed by atoms with Crippen LogP contribution in [0.3, 0.4) is 0 Å². The fraction of sp³-hybridized carbons (Fsp3) is 1.00. The van der Waals surface area contributed by atoms with Crippen molar-refractivity contribution in [3.8, 4) is 0 Å². The van der Waals surface area contributed by atoms with Crippen LogP contribution in [0.1, 0.15) is 33.6 Å². The lowest BCUT2D eigenvalue weighted by Crippen LogP contribution is -2.62. The molecular formula is C11H24N2O. The van der Waals surface area contributed by atoms with Crippen molar-refractivity contribution >= 4 is 0 Å². The third-order valence-corrected chi connectivity index (χ3v) is 3.12. The zero-order valence-corrected chi connectivity index (χ0v) is 9.71. The van der Waals surface area contributed by atoms with Crippen LogP contribution in [0.4, 0.5) is 0 Å². The number of hydrogen-bond acceptors (Lipinski definition) is 3. The summed E-state index contributed by atoms with van der Waals surface area (Å²) in [6.07, 6.45) is 2.49. The Morgan fingerprint density at radius 3 is 2.79 bits per heavy atom. The van der Waals surface area contributed by atoms with Gasteiger partial charge in [0.25, 0.3) is 0 Å². The minimum atomic E-state index is 0.237. The topological polar surface area (TPSA) is 35.5 Å². The third kappa shape index (κ3) is 2.94. The largest absolute Gasteiger partial charge is 0.395 e. The van der Waals surface area contributed by atoms with E-state index in [0.29, 0.717) is 0 Å². The van der Waals surface area contributed by atoms with Crippen molar-refractivity contribution in [3.05, 3.63) is 0 Å². The zero-order valence-electron chi connectivity index (χ0n) is 9.71. The van der Waals surface area contributed by atoms with E-state index in [1.165, 1.54) is 12.8 Å². The van der Waals surface area contributed by atoms with Crippen LogP contribution in [0.2, 0.25) is 0 Å². The van der Waals surface area contributed by atoms with E-state index in [-0.39, 0.29) is 18.2 Å². The Kier molecular flexibility index (Phi) is 4.35. The highest BCUT2D eigenvalue weighted by atomic mass is 16.3. The second-order valence-corrected chi connectivity index (χ2v) is 4.87. The molecule has 0 saturated carbocycles. The van der Waals surface area contributed by atoms with E-state index >= 15 is 0 Å².